The summed E-state index contributed by atoms with van der Waals surface area (Å²) in [5, 5.41) is 9.72. The molecule has 1 saturated heterocycles. The zero-order valence-electron chi connectivity index (χ0n) is 16.9. The van der Waals surface area contributed by atoms with Crippen molar-refractivity contribution in [3.63, 3.8) is 0 Å². The van der Waals surface area contributed by atoms with Gasteiger partial charge in [0.05, 0.1) is 12.6 Å². The number of halogens is 1. The molecule has 2 aliphatic rings. The first-order valence-electron chi connectivity index (χ1n) is 10.4. The lowest BCUT2D eigenvalue weighted by Gasteiger charge is -2.39. The number of likely N-dealkylation sites (N-methyl/N-ethyl adjacent to an activating group) is 1. The Morgan fingerprint density at radius 3 is 2.39 bits per heavy atom. The topological polar surface area (TPSA) is 50.6 Å². The fraction of sp³-hybridized carbons (Fsp3) is 0.636. The molecule has 3 rings (SSSR count). The minimum absolute atomic E-state index is 0.0513. The Morgan fingerprint density at radius 1 is 1.07 bits per heavy atom. The molecule has 0 N–H and O–H groups in total. The molecule has 28 heavy (non-hydrogen) atoms. The average molecular weight is 387 g/mol. The van der Waals surface area contributed by atoms with Gasteiger partial charge >= 0.3 is 0 Å². The summed E-state index contributed by atoms with van der Waals surface area (Å²) >= 11 is 0. The highest BCUT2D eigenvalue weighted by Gasteiger charge is 2.39. The minimum atomic E-state index is -0.615. The lowest BCUT2D eigenvalue weighted by atomic mass is 9.81. The van der Waals surface area contributed by atoms with E-state index in [9.17, 15) is 14.4 Å². The molecule has 6 heteroatoms. The van der Waals surface area contributed by atoms with E-state index in [0.717, 1.165) is 76.8 Å². The van der Waals surface area contributed by atoms with Gasteiger partial charge in [0.15, 0.2) is 0 Å². The van der Waals surface area contributed by atoms with Gasteiger partial charge in [-0.05, 0) is 50.0 Å². The maximum Gasteiger partial charge on any atom is 0.237 e. The first-order valence-corrected chi connectivity index (χ1v) is 10.4. The van der Waals surface area contributed by atoms with Gasteiger partial charge in [0.1, 0.15) is 11.4 Å². The molecule has 1 saturated carbocycles. The van der Waals surface area contributed by atoms with Gasteiger partial charge in [-0.1, -0.05) is 31.4 Å². The van der Waals surface area contributed by atoms with Gasteiger partial charge in [-0.3, -0.25) is 14.6 Å². The summed E-state index contributed by atoms with van der Waals surface area (Å²) in [6.45, 7) is 4.76. The van der Waals surface area contributed by atoms with Crippen LogP contribution in [0, 0.1) is 17.1 Å². The van der Waals surface area contributed by atoms with Crippen LogP contribution in [-0.2, 0) is 11.3 Å². The third kappa shape index (κ3) is 5.09. The molecule has 5 nitrogen and oxygen atoms in total. The predicted molar refractivity (Wildman–Crippen MR) is 107 cm³/mol. The Balaban J connectivity index is 1.51. The molecule has 0 bridgehead atoms. The van der Waals surface area contributed by atoms with E-state index in [1.807, 2.05) is 12.1 Å². The largest absolute Gasteiger partial charge is 0.326 e. The highest BCUT2D eigenvalue weighted by molar-refractivity contribution is 5.79. The summed E-state index contributed by atoms with van der Waals surface area (Å²) in [5.74, 6) is -0.156. The average Bonchev–Trinajstić information content (AvgIpc) is 2.94. The highest BCUT2D eigenvalue weighted by atomic mass is 19.1. The number of nitriles is 1. The number of benzene rings is 1. The quantitative estimate of drug-likeness (QED) is 0.781. The summed E-state index contributed by atoms with van der Waals surface area (Å²) < 4.78 is 13.1. The maximum atomic E-state index is 13.1. The molecule has 1 amide bonds. The Kier molecular flexibility index (Phi) is 7.03. The van der Waals surface area contributed by atoms with Crippen LogP contribution in [-0.4, -0.2) is 65.9 Å². The van der Waals surface area contributed by atoms with Crippen LogP contribution in [0.2, 0.25) is 0 Å². The van der Waals surface area contributed by atoms with Gasteiger partial charge in [-0.15, -0.1) is 0 Å². The van der Waals surface area contributed by atoms with Gasteiger partial charge < -0.3 is 4.90 Å². The van der Waals surface area contributed by atoms with Gasteiger partial charge in [-0.2, -0.15) is 5.26 Å². The maximum absolute atomic E-state index is 13.1. The van der Waals surface area contributed by atoms with Gasteiger partial charge in [-0.25, -0.2) is 4.39 Å². The van der Waals surface area contributed by atoms with E-state index in [-0.39, 0.29) is 11.7 Å². The van der Waals surface area contributed by atoms with Crippen molar-refractivity contribution in [3.8, 4) is 6.07 Å². The molecule has 0 aromatic heterocycles. The van der Waals surface area contributed by atoms with Crippen molar-refractivity contribution in [2.75, 3.05) is 39.8 Å². The Bertz CT molecular complexity index is 693. The van der Waals surface area contributed by atoms with E-state index < -0.39 is 5.54 Å². The van der Waals surface area contributed by atoms with Crippen molar-refractivity contribution < 1.29 is 9.18 Å². The molecular weight excluding hydrogens is 355 g/mol. The fourth-order valence-electron chi connectivity index (χ4n) is 4.38. The van der Waals surface area contributed by atoms with Gasteiger partial charge in [0.25, 0.3) is 0 Å². The number of amides is 1. The first kappa shape index (κ1) is 20.8. The van der Waals surface area contributed by atoms with Crippen LogP contribution in [0.25, 0.3) is 0 Å². The van der Waals surface area contributed by atoms with Crippen molar-refractivity contribution in [2.24, 2.45) is 0 Å². The lowest BCUT2D eigenvalue weighted by Crippen LogP contribution is -2.52. The molecule has 0 spiro atoms. The van der Waals surface area contributed by atoms with Crippen LogP contribution in [0.4, 0.5) is 4.39 Å². The van der Waals surface area contributed by atoms with Gasteiger partial charge in [0, 0.05) is 26.7 Å². The third-order valence-electron chi connectivity index (χ3n) is 6.26. The second kappa shape index (κ2) is 9.49. The summed E-state index contributed by atoms with van der Waals surface area (Å²) in [5.41, 5.74) is 0.495. The number of hydrogen-bond donors (Lipinski definition) is 0. The van der Waals surface area contributed by atoms with Crippen LogP contribution >= 0.6 is 0 Å². The molecule has 1 aromatic rings. The number of hydrogen-bond acceptors (Lipinski definition) is 4. The predicted octanol–water partition coefficient (Wildman–Crippen LogP) is 3.02. The molecule has 0 unspecified atom stereocenters. The molecule has 152 valence electrons. The molecule has 1 aliphatic heterocycles. The monoisotopic (exact) mass is 386 g/mol. The normalized spacial score (nSPS) is 20.9. The number of carbonyl (C=O) groups excluding carboxylic acids is 1. The lowest BCUT2D eigenvalue weighted by molar-refractivity contribution is -0.136. The number of nitrogens with zero attached hydrogens (tertiary/aromatic N) is 4. The van der Waals surface area contributed by atoms with E-state index in [2.05, 4.69) is 15.9 Å². The van der Waals surface area contributed by atoms with Crippen LogP contribution in [0.5, 0.6) is 0 Å². The standard InChI is InChI=1S/C22H31FN4O/c1-25(22(18-24)10-3-2-4-11-22)21(28)17-27-13-5-12-26(14-15-27)16-19-6-8-20(23)9-7-19/h6-9H,2-5,10-17H2,1H3. The molecule has 1 aliphatic carbocycles. The molecule has 0 atom stereocenters. The van der Waals surface area contributed by atoms with Crippen molar-refractivity contribution in [1.82, 2.24) is 14.7 Å². The summed E-state index contributed by atoms with van der Waals surface area (Å²) in [6.07, 6.45) is 5.78. The molecule has 1 aromatic carbocycles. The molecule has 2 fully saturated rings. The van der Waals surface area contributed by atoms with Crippen LogP contribution in [0.1, 0.15) is 44.1 Å². The summed E-state index contributed by atoms with van der Waals surface area (Å²) in [7, 11) is 1.80. The van der Waals surface area contributed by atoms with E-state index in [1.165, 1.54) is 12.1 Å². The Morgan fingerprint density at radius 2 is 1.71 bits per heavy atom. The molecule has 0 radical (unpaired) electrons. The molecular formula is C22H31FN4O. The van der Waals surface area contributed by atoms with Crippen molar-refractivity contribution in [2.45, 2.75) is 50.6 Å². The number of carbonyl (C=O) groups is 1. The van der Waals surface area contributed by atoms with E-state index >= 15 is 0 Å². The van der Waals surface area contributed by atoms with Crippen LogP contribution < -0.4 is 0 Å². The minimum Gasteiger partial charge on any atom is -0.326 e. The smallest absolute Gasteiger partial charge is 0.237 e. The second-order valence-electron chi connectivity index (χ2n) is 8.19. The van der Waals surface area contributed by atoms with Crippen molar-refractivity contribution >= 4 is 5.91 Å². The van der Waals surface area contributed by atoms with Crippen molar-refractivity contribution in [3.05, 3.63) is 35.6 Å². The van der Waals surface area contributed by atoms with E-state index in [0.29, 0.717) is 6.54 Å². The van der Waals surface area contributed by atoms with Gasteiger partial charge in [0.2, 0.25) is 5.91 Å². The van der Waals surface area contributed by atoms with Crippen LogP contribution in [0.3, 0.4) is 0 Å². The Hall–Kier alpha value is -1.97. The van der Waals surface area contributed by atoms with Crippen LogP contribution in [0.15, 0.2) is 24.3 Å². The molecule has 1 heterocycles. The highest BCUT2D eigenvalue weighted by Crippen LogP contribution is 2.32. The summed E-state index contributed by atoms with van der Waals surface area (Å²) in [6, 6.07) is 9.12. The zero-order chi connectivity index (χ0) is 20.0. The SMILES string of the molecule is CN(C(=O)CN1CCCN(Cc2ccc(F)cc2)CC1)C1(C#N)CCCCC1. The summed E-state index contributed by atoms with van der Waals surface area (Å²) in [4.78, 5) is 19.2. The fourth-order valence-corrected chi connectivity index (χ4v) is 4.38. The first-order chi connectivity index (χ1) is 13.5. The van der Waals surface area contributed by atoms with E-state index in [1.54, 1.807) is 11.9 Å². The third-order valence-corrected chi connectivity index (χ3v) is 6.26. The second-order valence-corrected chi connectivity index (χ2v) is 8.19. The Labute approximate surface area is 167 Å². The zero-order valence-corrected chi connectivity index (χ0v) is 16.9. The van der Waals surface area contributed by atoms with Crippen molar-refractivity contribution in [1.29, 1.82) is 5.26 Å². The number of rotatable bonds is 5. The van der Waals surface area contributed by atoms with E-state index in [4.69, 9.17) is 0 Å².